The van der Waals surface area contributed by atoms with Gasteiger partial charge in [-0.2, -0.15) is 0 Å². The second-order valence-electron chi connectivity index (χ2n) is 5.34. The van der Waals surface area contributed by atoms with Gasteiger partial charge in [-0.25, -0.2) is 0 Å². The van der Waals surface area contributed by atoms with Gasteiger partial charge in [0.15, 0.2) is 20.8 Å². The lowest BCUT2D eigenvalue weighted by Crippen LogP contribution is -2.30. The molecule has 0 N–H and O–H groups in total. The number of benzene rings is 2. The van der Waals surface area contributed by atoms with Crippen LogP contribution < -0.4 is 0 Å². The highest BCUT2D eigenvalue weighted by Crippen LogP contribution is 2.47. The van der Waals surface area contributed by atoms with E-state index in [-0.39, 0.29) is 16.1 Å². The molecule has 0 radical (unpaired) electrons. The third kappa shape index (κ3) is 5.28. The van der Waals surface area contributed by atoms with Crippen molar-refractivity contribution >= 4 is 35.7 Å². The second kappa shape index (κ2) is 8.32. The Morgan fingerprint density at radius 2 is 1.40 bits per heavy atom. The van der Waals surface area contributed by atoms with Crippen LogP contribution in [-0.2, 0) is 15.7 Å². The van der Waals surface area contributed by atoms with Gasteiger partial charge in [-0.05, 0) is 31.2 Å². The van der Waals surface area contributed by atoms with Crippen LogP contribution in [0.5, 0.6) is 0 Å². The van der Waals surface area contributed by atoms with Gasteiger partial charge in [-0.1, -0.05) is 43.0 Å². The average molecular weight is 388 g/mol. The average Bonchev–Trinajstić information content (AvgIpc) is 2.53. The predicted molar refractivity (Wildman–Crippen MR) is 95.9 cm³/mol. The smallest absolute Gasteiger partial charge is 0.418 e. The molecule has 0 aliphatic carbocycles. The molecule has 0 spiro atoms. The Morgan fingerprint density at radius 1 is 1.00 bits per heavy atom. The lowest BCUT2D eigenvalue weighted by Gasteiger charge is -2.23. The highest BCUT2D eigenvalue weighted by atomic mass is 32.2. The number of hydrogen-bond acceptors (Lipinski definition) is 2. The minimum Gasteiger partial charge on any atom is -0.418 e. The first-order valence-electron chi connectivity index (χ1n) is 7.69. The third-order valence-electron chi connectivity index (χ3n) is 3.50. The standard InChI is InChI=1S/C17H17OS2.BF4/c1-3-15(12(2)18)20-16-10-6-4-8-13(16)19-14-9-5-7-11-17(14)20;2-1(3,4)5/h4-11,15H,3H2,1-2H3;/q+1;-1. The molecule has 0 saturated carbocycles. The number of Topliss-reactive ketones (excluding diaryl/α,β-unsaturated/α-hetero) is 1. The van der Waals surface area contributed by atoms with E-state index in [4.69, 9.17) is 0 Å². The van der Waals surface area contributed by atoms with Crippen LogP contribution in [0.4, 0.5) is 17.3 Å². The monoisotopic (exact) mass is 388 g/mol. The summed E-state index contributed by atoms with van der Waals surface area (Å²) in [4.78, 5) is 17.4. The molecule has 2 aromatic carbocycles. The van der Waals surface area contributed by atoms with E-state index in [0.29, 0.717) is 5.78 Å². The first-order valence-corrected chi connectivity index (χ1v) is 9.79. The van der Waals surface area contributed by atoms with Gasteiger partial charge < -0.3 is 17.3 Å². The fraction of sp³-hybridized carbons (Fsp3) is 0.235. The minimum absolute atomic E-state index is 0.0956. The normalized spacial score (nSPS) is 14.6. The van der Waals surface area contributed by atoms with Crippen molar-refractivity contribution in [1.82, 2.24) is 0 Å². The molecule has 1 unspecified atom stereocenters. The van der Waals surface area contributed by atoms with E-state index in [1.165, 1.54) is 19.6 Å². The van der Waals surface area contributed by atoms with Crippen molar-refractivity contribution < 1.29 is 22.1 Å². The van der Waals surface area contributed by atoms with E-state index in [2.05, 4.69) is 55.5 Å². The molecule has 25 heavy (non-hydrogen) atoms. The summed E-state index contributed by atoms with van der Waals surface area (Å²) >= 11 is 1.82. The van der Waals surface area contributed by atoms with Gasteiger partial charge in [0, 0.05) is 6.42 Å². The summed E-state index contributed by atoms with van der Waals surface area (Å²) in [6.07, 6.45) is 0.895. The van der Waals surface area contributed by atoms with Crippen molar-refractivity contribution in [2.24, 2.45) is 0 Å². The first kappa shape index (κ1) is 19.9. The number of fused-ring (bicyclic) bond motifs is 2. The second-order valence-corrected chi connectivity index (χ2v) is 8.54. The topological polar surface area (TPSA) is 17.1 Å². The predicted octanol–water partition coefficient (Wildman–Crippen LogP) is 5.86. The summed E-state index contributed by atoms with van der Waals surface area (Å²) in [6, 6.07) is 17.0. The highest BCUT2D eigenvalue weighted by molar-refractivity contribution is 8.04. The Morgan fingerprint density at radius 3 is 1.76 bits per heavy atom. The van der Waals surface area contributed by atoms with E-state index >= 15 is 0 Å². The first-order chi connectivity index (χ1) is 11.7. The van der Waals surface area contributed by atoms with Gasteiger partial charge in [-0.3, -0.25) is 4.79 Å². The molecule has 0 fully saturated rings. The molecule has 0 amide bonds. The van der Waals surface area contributed by atoms with Crippen molar-refractivity contribution in [1.29, 1.82) is 0 Å². The van der Waals surface area contributed by atoms with Crippen LogP contribution in [0.25, 0.3) is 0 Å². The Labute approximate surface area is 151 Å². The molecule has 1 aliphatic heterocycles. The number of carbonyl (C=O) groups excluding carboxylic acids is 1. The number of halogens is 4. The molecule has 8 heteroatoms. The van der Waals surface area contributed by atoms with Crippen LogP contribution in [0.1, 0.15) is 20.3 Å². The number of hydrogen-bond donors (Lipinski definition) is 0. The summed E-state index contributed by atoms with van der Waals surface area (Å²) in [5.74, 6) is 0.298. The lowest BCUT2D eigenvalue weighted by atomic mass is 10.2. The zero-order chi connectivity index (χ0) is 18.6. The molecule has 1 atom stereocenters. The summed E-state index contributed by atoms with van der Waals surface area (Å²) in [7, 11) is -6.13. The Kier molecular flexibility index (Phi) is 6.62. The maximum absolute atomic E-state index is 12.1. The fourth-order valence-corrected chi connectivity index (χ4v) is 6.79. The Bertz CT molecular complexity index is 700. The van der Waals surface area contributed by atoms with Crippen molar-refractivity contribution in [3.05, 3.63) is 48.5 Å². The van der Waals surface area contributed by atoms with Crippen LogP contribution in [0.15, 0.2) is 68.1 Å². The lowest BCUT2D eigenvalue weighted by molar-refractivity contribution is -0.116. The molecule has 134 valence electrons. The number of carbonyl (C=O) groups is 1. The molecule has 1 nitrogen and oxygen atoms in total. The number of ketones is 1. The SMILES string of the molecule is CCC(C(C)=O)[S+]1c2ccccc2Sc2ccccc21.F[B-](F)(F)F. The van der Waals surface area contributed by atoms with Crippen molar-refractivity contribution in [3.8, 4) is 0 Å². The van der Waals surface area contributed by atoms with Crippen molar-refractivity contribution in [2.75, 3.05) is 0 Å². The Hall–Kier alpha value is -1.41. The summed E-state index contributed by atoms with van der Waals surface area (Å²) in [5.41, 5.74) is 0. The van der Waals surface area contributed by atoms with Crippen LogP contribution in [0.2, 0.25) is 0 Å². The molecule has 0 bridgehead atoms. The summed E-state index contributed by atoms with van der Waals surface area (Å²) in [5, 5.41) is 0.0956. The van der Waals surface area contributed by atoms with E-state index < -0.39 is 7.25 Å². The molecule has 1 aliphatic rings. The van der Waals surface area contributed by atoms with Gasteiger partial charge >= 0.3 is 7.25 Å². The Balaban J connectivity index is 0.000000399. The molecular formula is C17H17BF4OS2. The van der Waals surface area contributed by atoms with E-state index in [1.807, 2.05) is 11.8 Å². The maximum atomic E-state index is 12.1. The van der Waals surface area contributed by atoms with Gasteiger partial charge in [0.1, 0.15) is 0 Å². The highest BCUT2D eigenvalue weighted by Gasteiger charge is 2.43. The molecule has 1 heterocycles. The maximum Gasteiger partial charge on any atom is 0.673 e. The largest absolute Gasteiger partial charge is 0.673 e. The van der Waals surface area contributed by atoms with E-state index in [9.17, 15) is 22.1 Å². The third-order valence-corrected chi connectivity index (χ3v) is 7.81. The molecular weight excluding hydrogens is 371 g/mol. The molecule has 3 rings (SSSR count). The van der Waals surface area contributed by atoms with E-state index in [1.54, 1.807) is 6.92 Å². The van der Waals surface area contributed by atoms with E-state index in [0.717, 1.165) is 6.42 Å². The molecule has 2 aromatic rings. The zero-order valence-corrected chi connectivity index (χ0v) is 15.4. The van der Waals surface area contributed by atoms with Crippen LogP contribution in [-0.4, -0.2) is 18.3 Å². The van der Waals surface area contributed by atoms with Gasteiger partial charge in [-0.15, -0.1) is 0 Å². The fourth-order valence-electron chi connectivity index (χ4n) is 2.60. The van der Waals surface area contributed by atoms with Gasteiger partial charge in [0.05, 0.1) is 20.7 Å². The van der Waals surface area contributed by atoms with Crippen molar-refractivity contribution in [2.45, 2.75) is 45.1 Å². The minimum atomic E-state index is -6.00. The van der Waals surface area contributed by atoms with Crippen LogP contribution in [0.3, 0.4) is 0 Å². The van der Waals surface area contributed by atoms with Crippen LogP contribution >= 0.6 is 11.8 Å². The summed E-state index contributed by atoms with van der Waals surface area (Å²) < 4.78 is 39.0. The molecule has 0 saturated heterocycles. The zero-order valence-electron chi connectivity index (χ0n) is 13.7. The number of rotatable bonds is 3. The van der Waals surface area contributed by atoms with Crippen molar-refractivity contribution in [3.63, 3.8) is 0 Å². The van der Waals surface area contributed by atoms with Crippen LogP contribution in [0, 0.1) is 0 Å². The molecule has 0 aromatic heterocycles. The van der Waals surface area contributed by atoms with Gasteiger partial charge in [0.25, 0.3) is 0 Å². The summed E-state index contributed by atoms with van der Waals surface area (Å²) in [6.45, 7) is 3.85. The quantitative estimate of drug-likeness (QED) is 0.373. The van der Waals surface area contributed by atoms with Gasteiger partial charge in [0.2, 0.25) is 0 Å².